The lowest BCUT2D eigenvalue weighted by Gasteiger charge is -2.31. The van der Waals surface area contributed by atoms with E-state index in [1.165, 1.54) is 11.2 Å². The van der Waals surface area contributed by atoms with Gasteiger partial charge in [0.25, 0.3) is 0 Å². The van der Waals surface area contributed by atoms with Crippen molar-refractivity contribution in [1.82, 2.24) is 29.5 Å². The van der Waals surface area contributed by atoms with E-state index < -0.39 is 5.60 Å². The highest BCUT2D eigenvalue weighted by molar-refractivity contribution is 5.99. The molecule has 2 fully saturated rings. The SMILES string of the molecule is Cc1cc(C)n(-c2cc(N(C(=O)CN3CCC4CCC(C3)N4C(=O)OC(C)(C)C)c3ccc(C)o3)ncn2)n1. The summed E-state index contributed by atoms with van der Waals surface area (Å²) in [6.45, 7) is 12.8. The molecule has 5 rings (SSSR count). The van der Waals surface area contributed by atoms with Crippen molar-refractivity contribution in [3.05, 3.63) is 47.7 Å². The van der Waals surface area contributed by atoms with Gasteiger partial charge in [-0.25, -0.2) is 24.3 Å². The Morgan fingerprint density at radius 1 is 1.08 bits per heavy atom. The van der Waals surface area contributed by atoms with Crippen LogP contribution >= 0.6 is 0 Å². The average molecular weight is 536 g/mol. The molecule has 0 saturated carbocycles. The zero-order valence-corrected chi connectivity index (χ0v) is 23.5. The van der Waals surface area contributed by atoms with E-state index in [2.05, 4.69) is 20.0 Å². The van der Waals surface area contributed by atoms with E-state index in [-0.39, 0.29) is 30.6 Å². The van der Waals surface area contributed by atoms with Crippen LogP contribution in [0.2, 0.25) is 0 Å². The van der Waals surface area contributed by atoms with Crippen LogP contribution < -0.4 is 4.90 Å². The number of ether oxygens (including phenoxy) is 1. The third-order valence-electron chi connectivity index (χ3n) is 7.12. The van der Waals surface area contributed by atoms with E-state index in [1.807, 2.05) is 58.6 Å². The van der Waals surface area contributed by atoms with E-state index in [9.17, 15) is 9.59 Å². The fraction of sp³-hybridized carbons (Fsp3) is 0.536. The first-order valence-electron chi connectivity index (χ1n) is 13.5. The highest BCUT2D eigenvalue weighted by Crippen LogP contribution is 2.33. The second-order valence-corrected chi connectivity index (χ2v) is 11.5. The van der Waals surface area contributed by atoms with Crippen LogP contribution in [0.5, 0.6) is 0 Å². The minimum Gasteiger partial charge on any atom is -0.445 e. The van der Waals surface area contributed by atoms with Crippen LogP contribution in [0, 0.1) is 20.8 Å². The molecule has 208 valence electrons. The molecule has 2 amide bonds. The largest absolute Gasteiger partial charge is 0.445 e. The van der Waals surface area contributed by atoms with Gasteiger partial charge >= 0.3 is 6.09 Å². The second kappa shape index (κ2) is 10.4. The lowest BCUT2D eigenvalue weighted by Crippen LogP contribution is -2.46. The third kappa shape index (κ3) is 5.83. The number of carbonyl (C=O) groups is 2. The molecule has 0 spiro atoms. The fourth-order valence-corrected chi connectivity index (χ4v) is 5.50. The molecule has 2 aliphatic rings. The minimum atomic E-state index is -0.552. The van der Waals surface area contributed by atoms with Gasteiger partial charge in [-0.2, -0.15) is 5.10 Å². The van der Waals surface area contributed by atoms with Crippen LogP contribution in [0.15, 0.2) is 35.0 Å². The molecule has 2 unspecified atom stereocenters. The highest BCUT2D eigenvalue weighted by Gasteiger charge is 2.42. The van der Waals surface area contributed by atoms with Crippen LogP contribution in [0.1, 0.15) is 57.2 Å². The number of anilines is 2. The van der Waals surface area contributed by atoms with Crippen molar-refractivity contribution in [2.75, 3.05) is 24.5 Å². The normalized spacial score (nSPS) is 19.7. The maximum atomic E-state index is 13.9. The van der Waals surface area contributed by atoms with E-state index in [4.69, 9.17) is 9.15 Å². The van der Waals surface area contributed by atoms with Crippen molar-refractivity contribution in [3.63, 3.8) is 0 Å². The molecule has 0 aromatic carbocycles. The van der Waals surface area contributed by atoms with E-state index in [0.29, 0.717) is 36.4 Å². The van der Waals surface area contributed by atoms with Crippen LogP contribution in [-0.2, 0) is 9.53 Å². The summed E-state index contributed by atoms with van der Waals surface area (Å²) in [4.78, 5) is 41.2. The minimum absolute atomic E-state index is 0.0103. The zero-order chi connectivity index (χ0) is 27.9. The smallest absolute Gasteiger partial charge is 0.410 e. The summed E-state index contributed by atoms with van der Waals surface area (Å²) in [5, 5.41) is 4.52. The number of hydrogen-bond donors (Lipinski definition) is 0. The molecule has 39 heavy (non-hydrogen) atoms. The number of fused-ring (bicyclic) bond motifs is 2. The van der Waals surface area contributed by atoms with Gasteiger partial charge < -0.3 is 14.1 Å². The number of carbonyl (C=O) groups excluding carboxylic acids is 2. The van der Waals surface area contributed by atoms with Crippen molar-refractivity contribution >= 4 is 23.7 Å². The first kappa shape index (κ1) is 26.9. The Balaban J connectivity index is 1.38. The molecule has 2 atom stereocenters. The summed E-state index contributed by atoms with van der Waals surface area (Å²) < 4.78 is 13.3. The number of aryl methyl sites for hydroxylation is 3. The van der Waals surface area contributed by atoms with Gasteiger partial charge in [0.15, 0.2) is 5.82 Å². The van der Waals surface area contributed by atoms with Crippen LogP contribution in [0.4, 0.5) is 16.5 Å². The van der Waals surface area contributed by atoms with Crippen molar-refractivity contribution in [2.45, 2.75) is 78.5 Å². The summed E-state index contributed by atoms with van der Waals surface area (Å²) in [5.74, 6) is 1.87. The molecular weight excluding hydrogens is 498 g/mol. The van der Waals surface area contributed by atoms with Gasteiger partial charge in [-0.15, -0.1) is 0 Å². The topological polar surface area (TPSA) is 110 Å². The van der Waals surface area contributed by atoms with Crippen LogP contribution in [0.3, 0.4) is 0 Å². The van der Waals surface area contributed by atoms with Gasteiger partial charge in [0, 0.05) is 43.0 Å². The number of nitrogens with zero attached hydrogens (tertiary/aromatic N) is 7. The van der Waals surface area contributed by atoms with Gasteiger partial charge in [0.2, 0.25) is 11.8 Å². The number of likely N-dealkylation sites (tertiary alicyclic amines) is 1. The average Bonchev–Trinajstić information content (AvgIpc) is 3.50. The van der Waals surface area contributed by atoms with E-state index in [0.717, 1.165) is 30.7 Å². The zero-order valence-electron chi connectivity index (χ0n) is 23.5. The molecule has 2 aliphatic heterocycles. The Morgan fingerprint density at radius 2 is 1.85 bits per heavy atom. The molecule has 11 heteroatoms. The molecular formula is C28H37N7O4. The number of aromatic nitrogens is 4. The first-order chi connectivity index (χ1) is 18.5. The Bertz CT molecular complexity index is 1360. The number of rotatable bonds is 5. The quantitative estimate of drug-likeness (QED) is 0.475. The first-order valence-corrected chi connectivity index (χ1v) is 13.5. The molecule has 2 bridgehead atoms. The maximum absolute atomic E-state index is 13.9. The molecule has 3 aromatic heterocycles. The Labute approximate surface area is 228 Å². The van der Waals surface area contributed by atoms with Crippen LogP contribution in [-0.4, -0.2) is 78.9 Å². The summed E-state index contributed by atoms with van der Waals surface area (Å²) in [6.07, 6.45) is 3.81. The van der Waals surface area contributed by atoms with Crippen molar-refractivity contribution < 1.29 is 18.7 Å². The van der Waals surface area contributed by atoms with E-state index >= 15 is 0 Å². The van der Waals surface area contributed by atoms with Gasteiger partial charge in [-0.1, -0.05) is 0 Å². The Morgan fingerprint density at radius 3 is 2.51 bits per heavy atom. The number of hydrogen-bond acceptors (Lipinski definition) is 8. The number of furan rings is 1. The van der Waals surface area contributed by atoms with Gasteiger partial charge in [0.1, 0.15) is 23.5 Å². The predicted octanol–water partition coefficient (Wildman–Crippen LogP) is 4.32. The predicted molar refractivity (Wildman–Crippen MR) is 145 cm³/mol. The van der Waals surface area contributed by atoms with Gasteiger partial charge in [-0.3, -0.25) is 9.69 Å². The van der Waals surface area contributed by atoms with Gasteiger partial charge in [-0.05, 0) is 72.9 Å². The van der Waals surface area contributed by atoms with Crippen molar-refractivity contribution in [3.8, 4) is 5.82 Å². The molecule has 0 N–H and O–H groups in total. The molecule has 0 aliphatic carbocycles. The standard InChI is InChI=1S/C28H37N7O4/c1-18-13-19(2)35(31-18)24-14-23(29-17-30-24)34(26-10-7-20(3)38-26)25(36)16-32-12-11-21-8-9-22(15-32)33(21)27(37)39-28(4,5)6/h7,10,13-14,17,21-22H,8-9,11-12,15-16H2,1-6H3. The molecule has 3 aromatic rings. The molecule has 11 nitrogen and oxygen atoms in total. The third-order valence-corrected chi connectivity index (χ3v) is 7.12. The van der Waals surface area contributed by atoms with Crippen LogP contribution in [0.25, 0.3) is 5.82 Å². The summed E-state index contributed by atoms with van der Waals surface area (Å²) in [6, 6.07) is 7.43. The van der Waals surface area contributed by atoms with Gasteiger partial charge in [0.05, 0.1) is 12.2 Å². The second-order valence-electron chi connectivity index (χ2n) is 11.5. The summed E-state index contributed by atoms with van der Waals surface area (Å²) >= 11 is 0. The summed E-state index contributed by atoms with van der Waals surface area (Å²) in [5.41, 5.74) is 1.25. The lowest BCUT2D eigenvalue weighted by molar-refractivity contribution is -0.119. The number of amides is 2. The Kier molecular flexibility index (Phi) is 7.19. The van der Waals surface area contributed by atoms with E-state index in [1.54, 1.807) is 16.8 Å². The molecule has 5 heterocycles. The summed E-state index contributed by atoms with van der Waals surface area (Å²) in [7, 11) is 0. The Hall–Kier alpha value is -3.73. The lowest BCUT2D eigenvalue weighted by atomic mass is 10.1. The molecule has 2 saturated heterocycles. The van der Waals surface area contributed by atoms with Crippen molar-refractivity contribution in [1.29, 1.82) is 0 Å². The highest BCUT2D eigenvalue weighted by atomic mass is 16.6. The fourth-order valence-electron chi connectivity index (χ4n) is 5.50. The maximum Gasteiger partial charge on any atom is 0.410 e. The van der Waals surface area contributed by atoms with Crippen molar-refractivity contribution in [2.24, 2.45) is 0 Å². The molecule has 0 radical (unpaired) electrons. The monoisotopic (exact) mass is 535 g/mol.